The lowest BCUT2D eigenvalue weighted by molar-refractivity contribution is 0.0199. The number of hydrogen-bond acceptors (Lipinski definition) is 6. The number of rotatable bonds is 11. The van der Waals surface area contributed by atoms with Crippen molar-refractivity contribution in [1.82, 2.24) is 19.8 Å². The zero-order valence-corrected chi connectivity index (χ0v) is 29.4. The molecule has 11 heteroatoms. The lowest BCUT2D eigenvalue weighted by Gasteiger charge is -2.33. The van der Waals surface area contributed by atoms with Gasteiger partial charge in [0.05, 0.1) is 17.7 Å². The van der Waals surface area contributed by atoms with Gasteiger partial charge in [0, 0.05) is 56.8 Å². The molecule has 5 rings (SSSR count). The van der Waals surface area contributed by atoms with E-state index in [9.17, 15) is 14.0 Å². The van der Waals surface area contributed by atoms with Gasteiger partial charge in [0.25, 0.3) is 5.91 Å². The fourth-order valence-electron chi connectivity index (χ4n) is 5.69. The highest BCUT2D eigenvalue weighted by Crippen LogP contribution is 2.39. The van der Waals surface area contributed by atoms with Crippen LogP contribution in [-0.2, 0) is 16.2 Å². The van der Waals surface area contributed by atoms with Gasteiger partial charge in [-0.05, 0) is 89.6 Å². The molecule has 0 radical (unpaired) electrons. The van der Waals surface area contributed by atoms with Crippen molar-refractivity contribution in [3.05, 3.63) is 47.5 Å². The Morgan fingerprint density at radius 1 is 1.07 bits per heavy atom. The summed E-state index contributed by atoms with van der Waals surface area (Å²) in [6.45, 7) is 16.8. The van der Waals surface area contributed by atoms with E-state index in [4.69, 9.17) is 19.2 Å². The summed E-state index contributed by atoms with van der Waals surface area (Å²) in [5.41, 5.74) is 3.23. The van der Waals surface area contributed by atoms with Crippen LogP contribution in [0.4, 0.5) is 9.18 Å². The van der Waals surface area contributed by atoms with Crippen LogP contribution in [0.25, 0.3) is 22.2 Å². The number of nitrogens with one attached hydrogen (secondary N) is 1. The topological polar surface area (TPSA) is 94.9 Å². The van der Waals surface area contributed by atoms with E-state index in [1.165, 1.54) is 12.1 Å². The Bertz CT molecular complexity index is 1570. The highest BCUT2D eigenvalue weighted by molar-refractivity contribution is 6.76. The van der Waals surface area contributed by atoms with Gasteiger partial charge in [-0.15, -0.1) is 0 Å². The molecule has 0 unspecified atom stereocenters. The van der Waals surface area contributed by atoms with Gasteiger partial charge in [0.1, 0.15) is 29.4 Å². The molecule has 0 bridgehead atoms. The summed E-state index contributed by atoms with van der Waals surface area (Å²) >= 11 is 0. The Labute approximate surface area is 272 Å². The van der Waals surface area contributed by atoms with Crippen molar-refractivity contribution in [2.45, 2.75) is 97.4 Å². The molecular formula is C35H49FN4O5Si. The Hall–Kier alpha value is -3.44. The molecule has 2 amide bonds. The van der Waals surface area contributed by atoms with Gasteiger partial charge in [0.2, 0.25) is 0 Å². The molecule has 1 saturated heterocycles. The summed E-state index contributed by atoms with van der Waals surface area (Å²) in [6.07, 6.45) is 4.86. The van der Waals surface area contributed by atoms with E-state index in [0.29, 0.717) is 73.0 Å². The average molecular weight is 653 g/mol. The molecule has 1 aliphatic heterocycles. The lowest BCUT2D eigenvalue weighted by Crippen LogP contribution is -2.47. The smallest absolute Gasteiger partial charge is 0.410 e. The molecule has 2 fully saturated rings. The minimum absolute atomic E-state index is 0.106. The van der Waals surface area contributed by atoms with E-state index in [-0.39, 0.29) is 30.6 Å². The molecule has 2 aromatic heterocycles. The molecule has 1 aliphatic carbocycles. The van der Waals surface area contributed by atoms with E-state index in [2.05, 4.69) is 25.0 Å². The van der Waals surface area contributed by atoms with Crippen molar-refractivity contribution in [2.24, 2.45) is 5.92 Å². The Kier molecular flexibility index (Phi) is 10.1. The third kappa shape index (κ3) is 8.47. The number of likely N-dealkylation sites (tertiary alicyclic amines) is 1. The highest BCUT2D eigenvalue weighted by atomic mass is 28.3. The maximum absolute atomic E-state index is 14.7. The van der Waals surface area contributed by atoms with Crippen molar-refractivity contribution >= 4 is 31.1 Å². The summed E-state index contributed by atoms with van der Waals surface area (Å²) in [5.74, 6) is 0.546. The zero-order chi connectivity index (χ0) is 33.2. The minimum atomic E-state index is -1.32. The van der Waals surface area contributed by atoms with Crippen LogP contribution in [0.15, 0.2) is 30.5 Å². The number of benzene rings is 1. The van der Waals surface area contributed by atoms with Crippen molar-refractivity contribution in [3.63, 3.8) is 0 Å². The number of amides is 2. The molecule has 0 atom stereocenters. The number of halogens is 1. The van der Waals surface area contributed by atoms with E-state index in [1.54, 1.807) is 17.2 Å². The Morgan fingerprint density at radius 2 is 1.78 bits per heavy atom. The van der Waals surface area contributed by atoms with Crippen LogP contribution in [-0.4, -0.2) is 72.5 Å². The fourth-order valence-corrected chi connectivity index (χ4v) is 6.45. The predicted molar refractivity (Wildman–Crippen MR) is 180 cm³/mol. The predicted octanol–water partition coefficient (Wildman–Crippen LogP) is 7.38. The average Bonchev–Trinajstić information content (AvgIpc) is 3.75. The number of fused-ring (bicyclic) bond motifs is 1. The summed E-state index contributed by atoms with van der Waals surface area (Å²) in [6, 6.07) is 7.35. The molecular weight excluding hydrogens is 603 g/mol. The summed E-state index contributed by atoms with van der Waals surface area (Å²) in [5, 5.41) is 3.20. The van der Waals surface area contributed by atoms with Crippen LogP contribution in [0.1, 0.15) is 62.5 Å². The second-order valence-electron chi connectivity index (χ2n) is 14.9. The number of aromatic nitrogens is 2. The molecule has 0 spiro atoms. The number of carbonyl (C=O) groups is 2. The highest BCUT2D eigenvalue weighted by Gasteiger charge is 2.30. The lowest BCUT2D eigenvalue weighted by atomic mass is 10.0. The first-order valence-corrected chi connectivity index (χ1v) is 20.2. The largest absolute Gasteiger partial charge is 0.493 e. The van der Waals surface area contributed by atoms with Gasteiger partial charge in [0.15, 0.2) is 0 Å². The second-order valence-corrected chi connectivity index (χ2v) is 20.5. The maximum atomic E-state index is 14.7. The molecule has 2 aliphatic rings. The van der Waals surface area contributed by atoms with Gasteiger partial charge >= 0.3 is 6.09 Å². The standard InChI is InChI=1S/C35H49FN4O5Si/c1-23-30(33(41)38-26-13-16-39(17-14-26)34(42)45-35(2,3)4)31-32(40(23)22-43-18-19-46(5,6)7)27(12-15-37-31)28-20-25(36)10-11-29(28)44-21-24-8-9-24/h10-12,15,20,24,26H,8-9,13-14,16-19,21-22H2,1-7H3,(H,38,41). The van der Waals surface area contributed by atoms with Crippen LogP contribution >= 0.6 is 0 Å². The SMILES string of the molecule is Cc1c(C(=O)NC2CCN(C(=O)OC(C)(C)C)CC2)c2nccc(-c3cc(F)ccc3OCC3CC3)c2n1COCC[Si](C)(C)C. The minimum Gasteiger partial charge on any atom is -0.493 e. The number of nitrogens with zero attached hydrogens (tertiary/aromatic N) is 3. The molecule has 250 valence electrons. The Balaban J connectivity index is 1.45. The van der Waals surface area contributed by atoms with Crippen LogP contribution in [0.2, 0.25) is 25.7 Å². The maximum Gasteiger partial charge on any atom is 0.410 e. The fraction of sp³-hybridized carbons (Fsp3) is 0.571. The quantitative estimate of drug-likeness (QED) is 0.172. The van der Waals surface area contributed by atoms with Crippen molar-refractivity contribution < 1.29 is 28.2 Å². The van der Waals surface area contributed by atoms with E-state index < -0.39 is 13.7 Å². The molecule has 1 saturated carbocycles. The normalized spacial score (nSPS) is 16.1. The van der Waals surface area contributed by atoms with Crippen LogP contribution in [0.5, 0.6) is 5.75 Å². The summed E-state index contributed by atoms with van der Waals surface area (Å²) in [7, 11) is -1.32. The zero-order valence-electron chi connectivity index (χ0n) is 28.4. The van der Waals surface area contributed by atoms with Crippen molar-refractivity contribution in [3.8, 4) is 16.9 Å². The monoisotopic (exact) mass is 652 g/mol. The molecule has 3 heterocycles. The van der Waals surface area contributed by atoms with Crippen molar-refractivity contribution in [1.29, 1.82) is 0 Å². The number of piperidine rings is 1. The number of ether oxygens (including phenoxy) is 3. The molecule has 46 heavy (non-hydrogen) atoms. The first kappa shape index (κ1) is 33.9. The van der Waals surface area contributed by atoms with E-state index >= 15 is 0 Å². The van der Waals surface area contributed by atoms with E-state index in [0.717, 1.165) is 30.1 Å². The molecule has 1 aromatic carbocycles. The molecule has 3 aromatic rings. The number of pyridine rings is 1. The van der Waals surface area contributed by atoms with Crippen molar-refractivity contribution in [2.75, 3.05) is 26.3 Å². The summed E-state index contributed by atoms with van der Waals surface area (Å²) < 4.78 is 34.7. The van der Waals surface area contributed by atoms with Gasteiger partial charge in [-0.3, -0.25) is 9.78 Å². The van der Waals surface area contributed by atoms with Crippen LogP contribution < -0.4 is 10.1 Å². The number of carbonyl (C=O) groups excluding carboxylic acids is 2. The molecule has 1 N–H and O–H groups in total. The van der Waals surface area contributed by atoms with Gasteiger partial charge in [-0.1, -0.05) is 19.6 Å². The first-order chi connectivity index (χ1) is 21.7. The Morgan fingerprint density at radius 3 is 2.43 bits per heavy atom. The second kappa shape index (κ2) is 13.7. The summed E-state index contributed by atoms with van der Waals surface area (Å²) in [4.78, 5) is 32.9. The number of hydrogen-bond donors (Lipinski definition) is 1. The van der Waals surface area contributed by atoms with E-state index in [1.807, 2.05) is 38.3 Å². The van der Waals surface area contributed by atoms with Gasteiger partial charge in [-0.2, -0.15) is 0 Å². The third-order valence-corrected chi connectivity index (χ3v) is 10.2. The molecule has 9 nitrogen and oxygen atoms in total. The van der Waals surface area contributed by atoms with Crippen LogP contribution in [0.3, 0.4) is 0 Å². The van der Waals surface area contributed by atoms with Crippen LogP contribution in [0, 0.1) is 18.7 Å². The van der Waals surface area contributed by atoms with Gasteiger partial charge in [-0.25, -0.2) is 9.18 Å². The van der Waals surface area contributed by atoms with Gasteiger partial charge < -0.3 is 29.0 Å². The first-order valence-electron chi connectivity index (χ1n) is 16.5. The third-order valence-electron chi connectivity index (χ3n) is 8.53.